The minimum Gasteiger partial charge on any atom is -0.352 e. The fourth-order valence-electron chi connectivity index (χ4n) is 1.91. The lowest BCUT2D eigenvalue weighted by atomic mass is 10.2. The van der Waals surface area contributed by atoms with Crippen LogP contribution < -0.4 is 10.7 Å². The first-order chi connectivity index (χ1) is 11.5. The Morgan fingerprint density at radius 1 is 1.17 bits per heavy atom. The molecule has 2 rings (SSSR count). The highest BCUT2D eigenvalue weighted by Crippen LogP contribution is 2.09. The van der Waals surface area contributed by atoms with Crippen molar-refractivity contribution < 1.29 is 9.59 Å². The molecule has 2 aromatic rings. The van der Waals surface area contributed by atoms with E-state index in [0.29, 0.717) is 17.3 Å². The Kier molecular flexibility index (Phi) is 6.96. The van der Waals surface area contributed by atoms with E-state index < -0.39 is 0 Å². The van der Waals surface area contributed by atoms with Crippen LogP contribution in [0, 0.1) is 0 Å². The maximum atomic E-state index is 11.9. The fraction of sp³-hybridized carbons (Fsp3) is 0.235. The fourth-order valence-corrected chi connectivity index (χ4v) is 2.74. The summed E-state index contributed by atoms with van der Waals surface area (Å²) < 4.78 is 0. The monoisotopic (exact) mass is 363 g/mol. The Morgan fingerprint density at radius 2 is 1.92 bits per heavy atom. The largest absolute Gasteiger partial charge is 0.352 e. The molecule has 126 valence electrons. The van der Waals surface area contributed by atoms with Gasteiger partial charge in [-0.05, 0) is 36.1 Å². The van der Waals surface area contributed by atoms with Gasteiger partial charge in [0.15, 0.2) is 0 Å². The van der Waals surface area contributed by atoms with E-state index in [-0.39, 0.29) is 24.7 Å². The lowest BCUT2D eigenvalue weighted by Gasteiger charge is -2.06. The number of nitrogens with zero attached hydrogens (tertiary/aromatic N) is 1. The van der Waals surface area contributed by atoms with Crippen LogP contribution >= 0.6 is 22.9 Å². The second-order valence-electron chi connectivity index (χ2n) is 5.22. The van der Waals surface area contributed by atoms with Gasteiger partial charge in [0.2, 0.25) is 11.8 Å². The van der Waals surface area contributed by atoms with E-state index >= 15 is 0 Å². The second-order valence-corrected chi connectivity index (χ2v) is 6.69. The van der Waals surface area contributed by atoms with Crippen LogP contribution in [0.1, 0.15) is 23.8 Å². The molecular formula is C17H18ClN3O2S. The molecular weight excluding hydrogens is 346 g/mol. The zero-order valence-electron chi connectivity index (χ0n) is 13.2. The maximum Gasteiger partial charge on any atom is 0.245 e. The molecule has 0 saturated heterocycles. The van der Waals surface area contributed by atoms with Gasteiger partial charge in [-0.1, -0.05) is 29.8 Å². The van der Waals surface area contributed by atoms with Crippen molar-refractivity contribution in [1.29, 1.82) is 0 Å². The number of carbonyl (C=O) groups excluding carboxylic acids is 2. The number of hydrazone groups is 1. The number of amides is 2. The Balaban J connectivity index is 1.72. The molecule has 1 heterocycles. The topological polar surface area (TPSA) is 70.6 Å². The van der Waals surface area contributed by atoms with Crippen LogP contribution in [0.2, 0.25) is 5.02 Å². The zero-order chi connectivity index (χ0) is 17.4. The van der Waals surface area contributed by atoms with Gasteiger partial charge in [0.25, 0.3) is 0 Å². The summed E-state index contributed by atoms with van der Waals surface area (Å²) >= 11 is 7.33. The SMILES string of the molecule is C/C(CC(=O)NCc1ccc(Cl)cc1)=N\NC(=O)Cc1cccs1. The average Bonchev–Trinajstić information content (AvgIpc) is 3.05. The van der Waals surface area contributed by atoms with E-state index in [1.54, 1.807) is 19.1 Å². The standard InChI is InChI=1S/C17H18ClN3O2S/c1-12(20-21-17(23)10-15-3-2-8-24-15)9-16(22)19-11-13-4-6-14(18)7-5-13/h2-8H,9-11H2,1H3,(H,19,22)(H,21,23)/b20-12+. The minimum absolute atomic E-state index is 0.132. The Bertz CT molecular complexity index is 712. The molecule has 0 atom stereocenters. The van der Waals surface area contributed by atoms with Gasteiger partial charge in [-0.2, -0.15) is 5.10 Å². The first-order valence-corrected chi connectivity index (χ1v) is 8.64. The smallest absolute Gasteiger partial charge is 0.245 e. The van der Waals surface area contributed by atoms with Crippen LogP contribution in [0.15, 0.2) is 46.9 Å². The van der Waals surface area contributed by atoms with Gasteiger partial charge in [-0.25, -0.2) is 5.43 Å². The lowest BCUT2D eigenvalue weighted by molar-refractivity contribution is -0.121. The van der Waals surface area contributed by atoms with Gasteiger partial charge in [-0.3, -0.25) is 9.59 Å². The summed E-state index contributed by atoms with van der Waals surface area (Å²) in [6.07, 6.45) is 0.421. The zero-order valence-corrected chi connectivity index (χ0v) is 14.8. The summed E-state index contributed by atoms with van der Waals surface area (Å²) in [5, 5.41) is 9.33. The molecule has 5 nitrogen and oxygen atoms in total. The van der Waals surface area contributed by atoms with Crippen molar-refractivity contribution in [2.45, 2.75) is 26.3 Å². The molecule has 0 aliphatic heterocycles. The van der Waals surface area contributed by atoms with Crippen molar-refractivity contribution in [3.8, 4) is 0 Å². The summed E-state index contributed by atoms with van der Waals surface area (Å²) in [5.74, 6) is -0.350. The van der Waals surface area contributed by atoms with Crippen molar-refractivity contribution in [2.75, 3.05) is 0 Å². The third kappa shape index (κ3) is 6.52. The molecule has 0 unspecified atom stereocenters. The van der Waals surface area contributed by atoms with Crippen LogP contribution in [0.5, 0.6) is 0 Å². The quantitative estimate of drug-likeness (QED) is 0.586. The van der Waals surface area contributed by atoms with Crippen LogP contribution in [-0.2, 0) is 22.6 Å². The third-order valence-electron chi connectivity index (χ3n) is 3.11. The molecule has 0 aliphatic carbocycles. The van der Waals surface area contributed by atoms with Crippen molar-refractivity contribution in [3.63, 3.8) is 0 Å². The van der Waals surface area contributed by atoms with Gasteiger partial charge in [0.05, 0.1) is 12.8 Å². The van der Waals surface area contributed by atoms with E-state index in [1.807, 2.05) is 29.6 Å². The number of rotatable bonds is 7. The lowest BCUT2D eigenvalue weighted by Crippen LogP contribution is -2.26. The van der Waals surface area contributed by atoms with Gasteiger partial charge in [0.1, 0.15) is 0 Å². The first kappa shape index (κ1) is 18.2. The molecule has 24 heavy (non-hydrogen) atoms. The summed E-state index contributed by atoms with van der Waals surface area (Å²) in [6.45, 7) is 2.13. The van der Waals surface area contributed by atoms with Crippen LogP contribution in [0.25, 0.3) is 0 Å². The van der Waals surface area contributed by atoms with E-state index in [1.165, 1.54) is 11.3 Å². The van der Waals surface area contributed by atoms with Gasteiger partial charge in [-0.15, -0.1) is 11.3 Å². The number of halogens is 1. The van der Waals surface area contributed by atoms with Crippen LogP contribution in [0.4, 0.5) is 0 Å². The molecule has 2 N–H and O–H groups in total. The molecule has 0 fully saturated rings. The van der Waals surface area contributed by atoms with E-state index in [9.17, 15) is 9.59 Å². The molecule has 0 saturated carbocycles. The molecule has 0 aliphatic rings. The Labute approximate surface area is 149 Å². The highest BCUT2D eigenvalue weighted by molar-refractivity contribution is 7.10. The van der Waals surface area contributed by atoms with E-state index in [4.69, 9.17) is 11.6 Å². The van der Waals surface area contributed by atoms with Gasteiger partial charge in [0, 0.05) is 22.2 Å². The summed E-state index contributed by atoms with van der Waals surface area (Å²) in [4.78, 5) is 24.6. The first-order valence-electron chi connectivity index (χ1n) is 7.38. The van der Waals surface area contributed by atoms with Crippen molar-refractivity contribution in [1.82, 2.24) is 10.7 Å². The molecule has 2 amide bonds. The van der Waals surface area contributed by atoms with Crippen LogP contribution in [0.3, 0.4) is 0 Å². The number of carbonyl (C=O) groups is 2. The predicted molar refractivity (Wildman–Crippen MR) is 97.2 cm³/mol. The van der Waals surface area contributed by atoms with Crippen LogP contribution in [-0.4, -0.2) is 17.5 Å². The number of benzene rings is 1. The van der Waals surface area contributed by atoms with Gasteiger partial charge < -0.3 is 5.32 Å². The average molecular weight is 364 g/mol. The third-order valence-corrected chi connectivity index (χ3v) is 4.23. The minimum atomic E-state index is -0.196. The Hall–Kier alpha value is -2.18. The maximum absolute atomic E-state index is 11.9. The highest BCUT2D eigenvalue weighted by Gasteiger charge is 2.06. The normalized spacial score (nSPS) is 11.2. The second kappa shape index (κ2) is 9.20. The van der Waals surface area contributed by atoms with E-state index in [0.717, 1.165) is 10.4 Å². The number of hydrogen-bond donors (Lipinski definition) is 2. The number of thiophene rings is 1. The molecule has 1 aromatic heterocycles. The van der Waals surface area contributed by atoms with E-state index in [2.05, 4.69) is 15.8 Å². The van der Waals surface area contributed by atoms with Crippen molar-refractivity contribution in [2.24, 2.45) is 5.10 Å². The number of nitrogens with one attached hydrogen (secondary N) is 2. The predicted octanol–water partition coefficient (Wildman–Crippen LogP) is 3.14. The molecule has 0 bridgehead atoms. The van der Waals surface area contributed by atoms with Crippen molar-refractivity contribution >= 4 is 40.5 Å². The summed E-state index contributed by atoms with van der Waals surface area (Å²) in [6, 6.07) is 11.1. The summed E-state index contributed by atoms with van der Waals surface area (Å²) in [7, 11) is 0. The summed E-state index contributed by atoms with van der Waals surface area (Å²) in [5.41, 5.74) is 3.98. The molecule has 1 aromatic carbocycles. The molecule has 0 spiro atoms. The molecule has 0 radical (unpaired) electrons. The highest BCUT2D eigenvalue weighted by atomic mass is 35.5. The van der Waals surface area contributed by atoms with Crippen molar-refractivity contribution in [3.05, 3.63) is 57.2 Å². The molecule has 7 heteroatoms. The number of hydrogen-bond acceptors (Lipinski definition) is 4. The Morgan fingerprint density at radius 3 is 2.58 bits per heavy atom. The van der Waals surface area contributed by atoms with Gasteiger partial charge >= 0.3 is 0 Å².